The quantitative estimate of drug-likeness (QED) is 0.646. The lowest BCUT2D eigenvalue weighted by Gasteiger charge is -2.19. The molecule has 2 aromatic carbocycles. The molecule has 0 radical (unpaired) electrons. The Morgan fingerprint density at radius 3 is 2.48 bits per heavy atom. The zero-order valence-electron chi connectivity index (χ0n) is 12.0. The van der Waals surface area contributed by atoms with Crippen molar-refractivity contribution in [3.05, 3.63) is 69.5 Å². The topological polar surface area (TPSA) is 55.2 Å². The average Bonchev–Trinajstić information content (AvgIpc) is 2.47. The molecule has 1 unspecified atom stereocenters. The van der Waals surface area contributed by atoms with Crippen LogP contribution in [0.2, 0.25) is 0 Å². The van der Waals surface area contributed by atoms with Crippen molar-refractivity contribution in [1.29, 1.82) is 0 Å². The van der Waals surface area contributed by atoms with Crippen molar-refractivity contribution in [1.82, 2.24) is 0 Å². The number of hydrogen-bond acceptors (Lipinski definition) is 3. The summed E-state index contributed by atoms with van der Waals surface area (Å²) in [4.78, 5) is 10.6. The van der Waals surface area contributed by atoms with Gasteiger partial charge in [-0.15, -0.1) is 0 Å². The number of rotatable bonds is 5. The molecule has 0 amide bonds. The average molecular weight is 288 g/mol. The summed E-state index contributed by atoms with van der Waals surface area (Å²) < 4.78 is 13.0. The van der Waals surface area contributed by atoms with E-state index in [1.165, 1.54) is 18.2 Å². The molecule has 5 heteroatoms. The van der Waals surface area contributed by atoms with Crippen LogP contribution in [0.5, 0.6) is 0 Å². The Balaban J connectivity index is 2.24. The number of nitrogens with zero attached hydrogens (tertiary/aromatic N) is 1. The molecule has 1 N–H and O–H groups in total. The van der Waals surface area contributed by atoms with Crippen molar-refractivity contribution in [3.63, 3.8) is 0 Å². The van der Waals surface area contributed by atoms with Crippen molar-refractivity contribution in [2.75, 3.05) is 5.32 Å². The van der Waals surface area contributed by atoms with Crippen LogP contribution < -0.4 is 5.32 Å². The van der Waals surface area contributed by atoms with Gasteiger partial charge in [0.15, 0.2) is 0 Å². The largest absolute Gasteiger partial charge is 0.378 e. The lowest BCUT2D eigenvalue weighted by atomic mass is 10.0. The Bertz CT molecular complexity index is 641. The van der Waals surface area contributed by atoms with Crippen LogP contribution in [0.3, 0.4) is 0 Å². The maximum Gasteiger partial charge on any atom is 0.274 e. The van der Waals surface area contributed by atoms with Crippen LogP contribution in [-0.4, -0.2) is 4.92 Å². The monoisotopic (exact) mass is 288 g/mol. The Morgan fingerprint density at radius 2 is 1.90 bits per heavy atom. The van der Waals surface area contributed by atoms with Crippen molar-refractivity contribution in [2.45, 2.75) is 26.3 Å². The molecule has 0 spiro atoms. The number of aryl methyl sites for hydroxylation is 1. The molecule has 21 heavy (non-hydrogen) atoms. The van der Waals surface area contributed by atoms with E-state index in [4.69, 9.17) is 0 Å². The van der Waals surface area contributed by atoms with Crippen LogP contribution in [0.15, 0.2) is 42.5 Å². The van der Waals surface area contributed by atoms with E-state index in [2.05, 4.69) is 5.32 Å². The summed E-state index contributed by atoms with van der Waals surface area (Å²) in [5, 5.41) is 14.2. The highest BCUT2D eigenvalue weighted by atomic mass is 19.1. The highest BCUT2D eigenvalue weighted by Gasteiger charge is 2.14. The minimum Gasteiger partial charge on any atom is -0.378 e. The maximum atomic E-state index is 13.0. The van der Waals surface area contributed by atoms with Gasteiger partial charge in [-0.25, -0.2) is 4.39 Å². The molecule has 4 nitrogen and oxygen atoms in total. The summed E-state index contributed by atoms with van der Waals surface area (Å²) >= 11 is 0. The molecule has 0 aliphatic rings. The van der Waals surface area contributed by atoms with E-state index in [1.807, 2.05) is 13.0 Å². The Morgan fingerprint density at radius 1 is 1.24 bits per heavy atom. The third-order valence-corrected chi connectivity index (χ3v) is 3.43. The smallest absolute Gasteiger partial charge is 0.274 e. The molecule has 2 aromatic rings. The summed E-state index contributed by atoms with van der Waals surface area (Å²) in [5.41, 5.74) is 2.35. The molecular weight excluding hydrogens is 271 g/mol. The number of anilines is 1. The van der Waals surface area contributed by atoms with Crippen molar-refractivity contribution in [2.24, 2.45) is 0 Å². The van der Waals surface area contributed by atoms with Gasteiger partial charge in [-0.2, -0.15) is 0 Å². The molecule has 0 heterocycles. The van der Waals surface area contributed by atoms with Gasteiger partial charge in [0.05, 0.1) is 11.0 Å². The number of nitro benzene ring substituents is 1. The highest BCUT2D eigenvalue weighted by molar-refractivity contribution is 5.55. The van der Waals surface area contributed by atoms with E-state index >= 15 is 0 Å². The summed E-state index contributed by atoms with van der Waals surface area (Å²) in [5.74, 6) is -0.278. The summed E-state index contributed by atoms with van der Waals surface area (Å²) in [7, 11) is 0. The number of halogens is 1. The van der Waals surface area contributed by atoms with Crippen LogP contribution in [0, 0.1) is 22.9 Å². The van der Waals surface area contributed by atoms with Crippen LogP contribution in [0.1, 0.15) is 30.5 Å². The van der Waals surface area contributed by atoms with Crippen LogP contribution in [-0.2, 0) is 0 Å². The molecule has 0 aliphatic carbocycles. The van der Waals surface area contributed by atoms with Gasteiger partial charge in [0.2, 0.25) is 0 Å². The molecule has 2 rings (SSSR count). The first kappa shape index (κ1) is 15.0. The molecule has 0 saturated carbocycles. The lowest BCUT2D eigenvalue weighted by molar-refractivity contribution is -0.385. The molecule has 0 bridgehead atoms. The minimum absolute atomic E-state index is 0.0205. The zero-order valence-corrected chi connectivity index (χ0v) is 12.0. The van der Waals surface area contributed by atoms with E-state index in [0.29, 0.717) is 11.3 Å². The van der Waals surface area contributed by atoms with Gasteiger partial charge in [0.25, 0.3) is 5.69 Å². The van der Waals surface area contributed by atoms with Crippen LogP contribution in [0.4, 0.5) is 15.8 Å². The second-order valence-corrected chi connectivity index (χ2v) is 4.92. The number of nitrogens with one attached hydrogen (secondary N) is 1. The minimum atomic E-state index is -0.390. The first-order chi connectivity index (χ1) is 10.0. The number of hydrogen-bond donors (Lipinski definition) is 1. The van der Waals surface area contributed by atoms with Gasteiger partial charge in [0.1, 0.15) is 5.82 Å². The molecule has 0 aliphatic heterocycles. The van der Waals surface area contributed by atoms with Crippen molar-refractivity contribution in [3.8, 4) is 0 Å². The second-order valence-electron chi connectivity index (χ2n) is 4.92. The Labute approximate surface area is 122 Å². The highest BCUT2D eigenvalue weighted by Crippen LogP contribution is 2.27. The van der Waals surface area contributed by atoms with E-state index in [1.54, 1.807) is 25.1 Å². The fourth-order valence-corrected chi connectivity index (χ4v) is 2.21. The van der Waals surface area contributed by atoms with Crippen LogP contribution >= 0.6 is 0 Å². The normalized spacial score (nSPS) is 12.0. The fraction of sp³-hybridized carbons (Fsp3) is 0.250. The molecular formula is C16H17FN2O2. The fourth-order valence-electron chi connectivity index (χ4n) is 2.21. The Hall–Kier alpha value is -2.43. The van der Waals surface area contributed by atoms with E-state index in [-0.39, 0.29) is 22.5 Å². The van der Waals surface area contributed by atoms with Crippen molar-refractivity contribution >= 4 is 11.4 Å². The molecule has 110 valence electrons. The second kappa shape index (κ2) is 6.35. The molecule has 1 atom stereocenters. The van der Waals surface area contributed by atoms with Crippen LogP contribution in [0.25, 0.3) is 0 Å². The first-order valence-corrected chi connectivity index (χ1v) is 6.78. The lowest BCUT2D eigenvalue weighted by Crippen LogP contribution is -2.10. The summed E-state index contributed by atoms with van der Waals surface area (Å²) in [6.07, 6.45) is 0.785. The maximum absolute atomic E-state index is 13.0. The van der Waals surface area contributed by atoms with Gasteiger partial charge in [0, 0.05) is 17.3 Å². The van der Waals surface area contributed by atoms with E-state index in [0.717, 1.165) is 12.0 Å². The third kappa shape index (κ3) is 3.56. The first-order valence-electron chi connectivity index (χ1n) is 6.78. The van der Waals surface area contributed by atoms with Gasteiger partial charge in [-0.05, 0) is 37.1 Å². The predicted octanol–water partition coefficient (Wildman–Crippen LogP) is 4.61. The van der Waals surface area contributed by atoms with Gasteiger partial charge < -0.3 is 5.32 Å². The van der Waals surface area contributed by atoms with Gasteiger partial charge in [-0.1, -0.05) is 25.1 Å². The zero-order chi connectivity index (χ0) is 15.4. The number of nitro groups is 1. The SMILES string of the molecule is CCC(Nc1ccc(C)c([N+](=O)[O-])c1)c1ccc(F)cc1. The molecule has 0 aromatic heterocycles. The van der Waals surface area contributed by atoms with E-state index < -0.39 is 0 Å². The summed E-state index contributed by atoms with van der Waals surface area (Å²) in [6.45, 7) is 3.71. The molecule has 0 fully saturated rings. The Kier molecular flexibility index (Phi) is 4.52. The van der Waals surface area contributed by atoms with Crippen molar-refractivity contribution < 1.29 is 9.31 Å². The number of benzene rings is 2. The van der Waals surface area contributed by atoms with Gasteiger partial charge >= 0.3 is 0 Å². The molecule has 0 saturated heterocycles. The third-order valence-electron chi connectivity index (χ3n) is 3.43. The summed E-state index contributed by atoms with van der Waals surface area (Å²) in [6, 6.07) is 11.3. The predicted molar refractivity (Wildman–Crippen MR) is 80.9 cm³/mol. The van der Waals surface area contributed by atoms with Gasteiger partial charge in [-0.3, -0.25) is 10.1 Å². The van der Waals surface area contributed by atoms with E-state index in [9.17, 15) is 14.5 Å². The standard InChI is InChI=1S/C16H17FN2O2/c1-3-15(12-5-7-13(17)8-6-12)18-14-9-4-11(2)16(10-14)19(20)21/h4-10,15,18H,3H2,1-2H3.